The quantitative estimate of drug-likeness (QED) is 0.473. The summed E-state index contributed by atoms with van der Waals surface area (Å²) in [6, 6.07) is 21.5. The summed E-state index contributed by atoms with van der Waals surface area (Å²) < 4.78 is 2.47. The molecule has 2 aromatic carbocycles. The lowest BCUT2D eigenvalue weighted by Crippen LogP contribution is -2.44. The molecular formula is C22H24N2Si. The molecule has 0 spiro atoms. The van der Waals surface area contributed by atoms with E-state index in [0.29, 0.717) is 0 Å². The van der Waals surface area contributed by atoms with Crippen LogP contribution in [0.2, 0.25) is 19.6 Å². The summed E-state index contributed by atoms with van der Waals surface area (Å²) in [4.78, 5) is 5.05. The molecule has 0 radical (unpaired) electrons. The van der Waals surface area contributed by atoms with Gasteiger partial charge in [0, 0.05) is 22.6 Å². The van der Waals surface area contributed by atoms with Crippen molar-refractivity contribution in [1.29, 1.82) is 0 Å². The maximum Gasteiger partial charge on any atom is 0.141 e. The number of aryl methyl sites for hydroxylation is 1. The highest BCUT2D eigenvalue weighted by atomic mass is 28.3. The van der Waals surface area contributed by atoms with Crippen LogP contribution in [0.5, 0.6) is 0 Å². The highest BCUT2D eigenvalue weighted by Crippen LogP contribution is 2.26. The Kier molecular flexibility index (Phi) is 3.77. The molecule has 0 aliphatic heterocycles. The van der Waals surface area contributed by atoms with Crippen molar-refractivity contribution >= 4 is 35.3 Å². The Hall–Kier alpha value is -2.39. The Morgan fingerprint density at radius 2 is 1.60 bits per heavy atom. The molecule has 0 saturated carbocycles. The standard InChI is InChI=1S/C22H24N2Si/c1-16-19-14-18-12-8-9-13-20(18)23-21(19)24(22(16)25(2,3)4)15-17-10-6-5-7-11-17/h5-14H,15H2,1-4H3. The van der Waals surface area contributed by atoms with E-state index in [1.54, 1.807) is 0 Å². The minimum atomic E-state index is -1.51. The van der Waals surface area contributed by atoms with Crippen molar-refractivity contribution in [3.05, 3.63) is 71.8 Å². The van der Waals surface area contributed by atoms with Crippen LogP contribution >= 0.6 is 0 Å². The van der Waals surface area contributed by atoms with E-state index >= 15 is 0 Å². The molecule has 0 unspecified atom stereocenters. The molecule has 0 bridgehead atoms. The average molecular weight is 345 g/mol. The zero-order chi connectivity index (χ0) is 17.6. The average Bonchev–Trinajstić information content (AvgIpc) is 2.85. The third-order valence-corrected chi connectivity index (χ3v) is 6.95. The maximum atomic E-state index is 5.05. The molecule has 0 amide bonds. The summed E-state index contributed by atoms with van der Waals surface area (Å²) in [5.74, 6) is 0. The van der Waals surface area contributed by atoms with E-state index in [1.165, 1.54) is 27.2 Å². The smallest absolute Gasteiger partial charge is 0.141 e. The van der Waals surface area contributed by atoms with Crippen LogP contribution in [0.3, 0.4) is 0 Å². The van der Waals surface area contributed by atoms with Crippen molar-refractivity contribution in [3.8, 4) is 0 Å². The van der Waals surface area contributed by atoms with E-state index in [1.807, 2.05) is 0 Å². The molecule has 2 nitrogen and oxygen atoms in total. The number of fused-ring (bicyclic) bond motifs is 2. The second-order valence-electron chi connectivity index (χ2n) is 7.85. The van der Waals surface area contributed by atoms with Gasteiger partial charge in [-0.3, -0.25) is 0 Å². The molecule has 3 heteroatoms. The first kappa shape index (κ1) is 16.1. The summed E-state index contributed by atoms with van der Waals surface area (Å²) in [6.45, 7) is 10.4. The fourth-order valence-corrected chi connectivity index (χ4v) is 6.17. The number of nitrogens with zero attached hydrogens (tertiary/aromatic N) is 2. The topological polar surface area (TPSA) is 17.8 Å². The lowest BCUT2D eigenvalue weighted by molar-refractivity contribution is 0.844. The predicted octanol–water partition coefficient (Wildman–Crippen LogP) is 5.09. The molecule has 0 fully saturated rings. The van der Waals surface area contributed by atoms with E-state index in [-0.39, 0.29) is 0 Å². The van der Waals surface area contributed by atoms with Crippen LogP contribution in [0, 0.1) is 6.92 Å². The Labute approximate surface area is 150 Å². The number of benzene rings is 2. The summed E-state index contributed by atoms with van der Waals surface area (Å²) in [5.41, 5.74) is 4.93. The Balaban J connectivity index is 2.04. The van der Waals surface area contributed by atoms with E-state index in [4.69, 9.17) is 4.98 Å². The van der Waals surface area contributed by atoms with Gasteiger partial charge in [0.2, 0.25) is 0 Å². The minimum Gasteiger partial charge on any atom is -0.329 e. The second-order valence-corrected chi connectivity index (χ2v) is 12.8. The van der Waals surface area contributed by atoms with Gasteiger partial charge in [-0.05, 0) is 30.2 Å². The zero-order valence-corrected chi connectivity index (χ0v) is 16.4. The van der Waals surface area contributed by atoms with Crippen LogP contribution < -0.4 is 5.32 Å². The summed E-state index contributed by atoms with van der Waals surface area (Å²) in [5, 5.41) is 4.03. The molecule has 25 heavy (non-hydrogen) atoms. The molecule has 0 aliphatic carbocycles. The SMILES string of the molecule is Cc1c([Si](C)(C)C)n(Cc2ccccc2)c2nc3ccccc3cc12. The highest BCUT2D eigenvalue weighted by molar-refractivity contribution is 6.88. The Bertz CT molecular complexity index is 1060. The van der Waals surface area contributed by atoms with Crippen molar-refractivity contribution in [3.63, 3.8) is 0 Å². The Morgan fingerprint density at radius 3 is 2.32 bits per heavy atom. The summed E-state index contributed by atoms with van der Waals surface area (Å²) in [6.07, 6.45) is 0. The van der Waals surface area contributed by atoms with Crippen LogP contribution in [0.4, 0.5) is 0 Å². The molecule has 126 valence electrons. The fraction of sp³-hybridized carbons (Fsp3) is 0.227. The van der Waals surface area contributed by atoms with Gasteiger partial charge in [-0.1, -0.05) is 68.2 Å². The molecule has 0 aliphatic rings. The van der Waals surface area contributed by atoms with Gasteiger partial charge in [-0.25, -0.2) is 4.98 Å². The number of hydrogen-bond donors (Lipinski definition) is 0. The summed E-state index contributed by atoms with van der Waals surface area (Å²) in [7, 11) is -1.51. The van der Waals surface area contributed by atoms with E-state index < -0.39 is 8.07 Å². The summed E-state index contributed by atoms with van der Waals surface area (Å²) >= 11 is 0. The third kappa shape index (κ3) is 2.79. The predicted molar refractivity (Wildman–Crippen MR) is 111 cm³/mol. The van der Waals surface area contributed by atoms with Gasteiger partial charge in [0.15, 0.2) is 0 Å². The first-order valence-electron chi connectivity index (χ1n) is 8.88. The zero-order valence-electron chi connectivity index (χ0n) is 15.4. The van der Waals surface area contributed by atoms with Crippen molar-refractivity contribution in [2.45, 2.75) is 33.1 Å². The van der Waals surface area contributed by atoms with Crippen LogP contribution in [0.1, 0.15) is 11.1 Å². The molecule has 0 atom stereocenters. The fourth-order valence-electron chi connectivity index (χ4n) is 3.91. The molecule has 4 aromatic rings. The van der Waals surface area contributed by atoms with Gasteiger partial charge in [0.05, 0.1) is 13.6 Å². The molecule has 4 rings (SSSR count). The Morgan fingerprint density at radius 1 is 0.920 bits per heavy atom. The van der Waals surface area contributed by atoms with Gasteiger partial charge in [-0.2, -0.15) is 0 Å². The van der Waals surface area contributed by atoms with E-state index in [2.05, 4.69) is 91.8 Å². The van der Waals surface area contributed by atoms with Gasteiger partial charge in [0.1, 0.15) is 5.65 Å². The van der Waals surface area contributed by atoms with Crippen LogP contribution in [-0.2, 0) is 6.54 Å². The first-order chi connectivity index (χ1) is 11.9. The van der Waals surface area contributed by atoms with Gasteiger partial charge < -0.3 is 4.57 Å². The maximum absolute atomic E-state index is 5.05. The number of para-hydroxylation sites is 1. The number of hydrogen-bond acceptors (Lipinski definition) is 1. The molecule has 0 N–H and O–H groups in total. The normalized spacial score (nSPS) is 12.2. The lowest BCUT2D eigenvalue weighted by atomic mass is 10.1. The number of aromatic nitrogens is 2. The molecule has 2 heterocycles. The van der Waals surface area contributed by atoms with Crippen LogP contribution in [-0.4, -0.2) is 17.6 Å². The van der Waals surface area contributed by atoms with Crippen LogP contribution in [0.25, 0.3) is 21.9 Å². The van der Waals surface area contributed by atoms with E-state index in [0.717, 1.165) is 17.7 Å². The van der Waals surface area contributed by atoms with Crippen molar-refractivity contribution < 1.29 is 0 Å². The largest absolute Gasteiger partial charge is 0.329 e. The van der Waals surface area contributed by atoms with E-state index in [9.17, 15) is 0 Å². The minimum absolute atomic E-state index is 0.885. The van der Waals surface area contributed by atoms with Gasteiger partial charge >= 0.3 is 0 Å². The molecule has 0 saturated heterocycles. The second kappa shape index (κ2) is 5.85. The van der Waals surface area contributed by atoms with Gasteiger partial charge in [0.25, 0.3) is 0 Å². The molecule has 2 aromatic heterocycles. The van der Waals surface area contributed by atoms with Crippen LogP contribution in [0.15, 0.2) is 60.7 Å². The first-order valence-corrected chi connectivity index (χ1v) is 12.4. The monoisotopic (exact) mass is 344 g/mol. The molecular weight excluding hydrogens is 320 g/mol. The van der Waals surface area contributed by atoms with Crippen molar-refractivity contribution in [1.82, 2.24) is 9.55 Å². The number of rotatable bonds is 3. The number of pyridine rings is 1. The highest BCUT2D eigenvalue weighted by Gasteiger charge is 2.27. The third-order valence-electron chi connectivity index (χ3n) is 4.88. The van der Waals surface area contributed by atoms with Crippen molar-refractivity contribution in [2.24, 2.45) is 0 Å². The van der Waals surface area contributed by atoms with Gasteiger partial charge in [-0.15, -0.1) is 0 Å². The van der Waals surface area contributed by atoms with Crippen molar-refractivity contribution in [2.75, 3.05) is 0 Å². The lowest BCUT2D eigenvalue weighted by Gasteiger charge is -2.21.